The van der Waals surface area contributed by atoms with Gasteiger partial charge in [0, 0.05) is 52.4 Å². The lowest BCUT2D eigenvalue weighted by atomic mass is 9.99. The van der Waals surface area contributed by atoms with Gasteiger partial charge in [0.2, 0.25) is 0 Å². The zero-order chi connectivity index (χ0) is 20.2. The second-order valence-corrected chi connectivity index (χ2v) is 7.93. The van der Waals surface area contributed by atoms with E-state index in [1.807, 2.05) is 24.3 Å². The van der Waals surface area contributed by atoms with Crippen LogP contribution in [0.2, 0.25) is 0 Å². The third kappa shape index (κ3) is 4.80. The average molecular weight is 403 g/mol. The second kappa shape index (κ2) is 9.26. The van der Waals surface area contributed by atoms with Crippen LogP contribution in [0, 0.1) is 5.82 Å². The second-order valence-electron chi connectivity index (χ2n) is 7.93. The van der Waals surface area contributed by atoms with Crippen molar-refractivity contribution in [3.63, 3.8) is 0 Å². The number of nitrogens with zero attached hydrogens (tertiary/aromatic N) is 3. The molecule has 158 valence electrons. The summed E-state index contributed by atoms with van der Waals surface area (Å²) in [6.07, 6.45) is 0.532. The Kier molecular flexibility index (Phi) is 6.50. The van der Waals surface area contributed by atoms with Crippen molar-refractivity contribution in [1.82, 2.24) is 9.80 Å². The quantitative estimate of drug-likeness (QED) is 0.799. The first-order valence-corrected chi connectivity index (χ1v) is 10.3. The van der Waals surface area contributed by atoms with E-state index in [-0.39, 0.29) is 11.9 Å². The van der Waals surface area contributed by atoms with Crippen molar-refractivity contribution in [3.8, 4) is 0 Å². The van der Waals surface area contributed by atoms with E-state index in [0.29, 0.717) is 25.4 Å². The van der Waals surface area contributed by atoms with Crippen molar-refractivity contribution in [3.05, 3.63) is 53.7 Å². The van der Waals surface area contributed by atoms with E-state index < -0.39 is 6.10 Å². The monoisotopic (exact) mass is 403 g/mol. The predicted octanol–water partition coefficient (Wildman–Crippen LogP) is 2.32. The molecular weight excluding hydrogens is 373 g/mol. The number of para-hydroxylation sites is 1. The summed E-state index contributed by atoms with van der Waals surface area (Å²) in [5, 5.41) is 10.8. The van der Waals surface area contributed by atoms with E-state index in [9.17, 15) is 9.50 Å². The summed E-state index contributed by atoms with van der Waals surface area (Å²) in [7, 11) is 1.65. The molecule has 0 saturated carbocycles. The van der Waals surface area contributed by atoms with Crippen molar-refractivity contribution in [2.75, 3.05) is 51.3 Å². The largest absolute Gasteiger partial charge is 0.462 e. The molecule has 3 heterocycles. The molecule has 6 nitrogen and oxygen atoms in total. The molecule has 2 saturated heterocycles. The number of benzene rings is 1. The molecule has 0 aliphatic carbocycles. The van der Waals surface area contributed by atoms with Crippen LogP contribution in [0.3, 0.4) is 0 Å². The molecule has 4 rings (SSSR count). The fourth-order valence-electron chi connectivity index (χ4n) is 4.50. The molecule has 1 aromatic heterocycles. The van der Waals surface area contributed by atoms with Gasteiger partial charge in [-0.3, -0.25) is 9.80 Å². The van der Waals surface area contributed by atoms with Gasteiger partial charge in [0.25, 0.3) is 0 Å². The highest BCUT2D eigenvalue weighted by Gasteiger charge is 2.34. The number of piperazine rings is 1. The summed E-state index contributed by atoms with van der Waals surface area (Å²) in [6, 6.07) is 11.0. The number of halogens is 1. The van der Waals surface area contributed by atoms with Gasteiger partial charge in [-0.1, -0.05) is 12.1 Å². The first kappa shape index (κ1) is 20.3. The Labute approximate surface area is 171 Å². The molecule has 2 aliphatic heterocycles. The van der Waals surface area contributed by atoms with Crippen LogP contribution < -0.4 is 4.90 Å². The van der Waals surface area contributed by atoms with Crippen LogP contribution in [-0.2, 0) is 17.9 Å². The van der Waals surface area contributed by atoms with Crippen molar-refractivity contribution in [1.29, 1.82) is 0 Å². The van der Waals surface area contributed by atoms with Crippen molar-refractivity contribution >= 4 is 5.69 Å². The van der Waals surface area contributed by atoms with Gasteiger partial charge in [-0.05, 0) is 30.7 Å². The number of β-amino-alcohol motifs (C(OH)–C–C–N with tert-alkyl or cyclic N) is 1. The molecule has 1 N–H and O–H groups in total. The number of furan rings is 1. The van der Waals surface area contributed by atoms with Crippen molar-refractivity contribution in [2.45, 2.75) is 31.7 Å². The molecule has 2 fully saturated rings. The Bertz CT molecular complexity index is 791. The highest BCUT2D eigenvalue weighted by atomic mass is 19.1. The maximum atomic E-state index is 14.0. The van der Waals surface area contributed by atoms with Gasteiger partial charge in [0.15, 0.2) is 0 Å². The lowest BCUT2D eigenvalue weighted by Gasteiger charge is -2.45. The molecule has 0 spiro atoms. The third-order valence-corrected chi connectivity index (χ3v) is 5.99. The smallest absolute Gasteiger partial charge is 0.146 e. The number of aliphatic hydroxyl groups is 1. The van der Waals surface area contributed by atoms with E-state index in [1.54, 1.807) is 13.2 Å². The highest BCUT2D eigenvalue weighted by Crippen LogP contribution is 2.24. The first-order chi connectivity index (χ1) is 14.1. The Hall–Kier alpha value is -1.93. The number of hydrogen-bond donors (Lipinski definition) is 1. The number of piperidine rings is 1. The maximum absolute atomic E-state index is 14.0. The number of rotatable bonds is 6. The number of aliphatic hydroxyl groups excluding tert-OH is 1. The molecule has 2 atom stereocenters. The normalized spacial score (nSPS) is 24.2. The molecule has 1 aromatic carbocycles. The minimum Gasteiger partial charge on any atom is -0.462 e. The Morgan fingerprint density at radius 3 is 2.55 bits per heavy atom. The SMILES string of the molecule is COCc1ccc(CN2CC[C@@H](N3CCN(c4ccccc4F)CC3)[C@H](O)C2)o1. The fraction of sp³-hybridized carbons (Fsp3) is 0.545. The van der Waals surface area contributed by atoms with Gasteiger partial charge in [-0.25, -0.2) is 4.39 Å². The summed E-state index contributed by atoms with van der Waals surface area (Å²) in [6.45, 7) is 5.99. The summed E-state index contributed by atoms with van der Waals surface area (Å²) < 4.78 is 24.9. The standard InChI is InChI=1S/C22H30FN3O3/c1-28-16-18-7-6-17(29-18)14-24-9-8-21(22(27)15-24)26-12-10-25(11-13-26)20-5-3-2-4-19(20)23/h2-7,21-22,27H,8-16H2,1H3/t21-,22-/m1/s1. The van der Waals surface area contributed by atoms with Gasteiger partial charge >= 0.3 is 0 Å². The average Bonchev–Trinajstić information content (AvgIpc) is 3.16. The molecule has 0 bridgehead atoms. The molecule has 0 amide bonds. The Morgan fingerprint density at radius 1 is 1.07 bits per heavy atom. The molecule has 2 aliphatic rings. The fourth-order valence-corrected chi connectivity index (χ4v) is 4.50. The van der Waals surface area contributed by atoms with E-state index in [2.05, 4.69) is 14.7 Å². The minimum absolute atomic E-state index is 0.162. The number of ether oxygens (including phenoxy) is 1. The molecule has 0 radical (unpaired) electrons. The zero-order valence-corrected chi connectivity index (χ0v) is 17.0. The molecule has 2 aromatic rings. The number of hydrogen-bond acceptors (Lipinski definition) is 6. The zero-order valence-electron chi connectivity index (χ0n) is 17.0. The van der Waals surface area contributed by atoms with E-state index in [1.165, 1.54) is 6.07 Å². The van der Waals surface area contributed by atoms with E-state index in [0.717, 1.165) is 50.7 Å². The summed E-state index contributed by atoms with van der Waals surface area (Å²) in [5.41, 5.74) is 0.675. The van der Waals surface area contributed by atoms with Gasteiger partial charge in [-0.15, -0.1) is 0 Å². The van der Waals surface area contributed by atoms with E-state index >= 15 is 0 Å². The molecule has 29 heavy (non-hydrogen) atoms. The lowest BCUT2D eigenvalue weighted by molar-refractivity contribution is -0.0188. The molecule has 7 heteroatoms. The summed E-state index contributed by atoms with van der Waals surface area (Å²) in [5.74, 6) is 1.56. The van der Waals surface area contributed by atoms with Gasteiger partial charge in [-0.2, -0.15) is 0 Å². The minimum atomic E-state index is -0.392. The van der Waals surface area contributed by atoms with Gasteiger partial charge < -0.3 is 19.2 Å². The summed E-state index contributed by atoms with van der Waals surface area (Å²) >= 11 is 0. The maximum Gasteiger partial charge on any atom is 0.146 e. The summed E-state index contributed by atoms with van der Waals surface area (Å²) in [4.78, 5) is 6.71. The lowest BCUT2D eigenvalue weighted by Crippen LogP contribution is -2.58. The van der Waals surface area contributed by atoms with Crippen LogP contribution >= 0.6 is 0 Å². The van der Waals surface area contributed by atoms with Crippen LogP contribution in [0.4, 0.5) is 10.1 Å². The number of anilines is 1. The number of methoxy groups -OCH3 is 1. The predicted molar refractivity (Wildman–Crippen MR) is 109 cm³/mol. The van der Waals surface area contributed by atoms with Crippen LogP contribution in [-0.4, -0.2) is 73.4 Å². The third-order valence-electron chi connectivity index (χ3n) is 5.99. The van der Waals surface area contributed by atoms with Crippen LogP contribution in [0.15, 0.2) is 40.8 Å². The van der Waals surface area contributed by atoms with Crippen molar-refractivity contribution in [2.24, 2.45) is 0 Å². The van der Waals surface area contributed by atoms with E-state index in [4.69, 9.17) is 9.15 Å². The highest BCUT2D eigenvalue weighted by molar-refractivity contribution is 5.48. The van der Waals surface area contributed by atoms with Crippen LogP contribution in [0.25, 0.3) is 0 Å². The molecular formula is C22H30FN3O3. The Balaban J connectivity index is 1.27. The topological polar surface area (TPSA) is 52.3 Å². The molecule has 0 unspecified atom stereocenters. The number of likely N-dealkylation sites (tertiary alicyclic amines) is 1. The van der Waals surface area contributed by atoms with Crippen LogP contribution in [0.5, 0.6) is 0 Å². The van der Waals surface area contributed by atoms with Crippen molar-refractivity contribution < 1.29 is 18.7 Å². The van der Waals surface area contributed by atoms with Gasteiger partial charge in [0.1, 0.15) is 23.9 Å². The first-order valence-electron chi connectivity index (χ1n) is 10.3. The van der Waals surface area contributed by atoms with Crippen LogP contribution in [0.1, 0.15) is 17.9 Å². The van der Waals surface area contributed by atoms with Gasteiger partial charge in [0.05, 0.1) is 18.3 Å². The Morgan fingerprint density at radius 2 is 1.83 bits per heavy atom.